The van der Waals surface area contributed by atoms with Crippen LogP contribution in [0, 0.1) is 0 Å². The number of benzene rings is 3. The third kappa shape index (κ3) is 5.91. The topological polar surface area (TPSA) is 111 Å². The Morgan fingerprint density at radius 2 is 1.47 bits per heavy atom. The van der Waals surface area contributed by atoms with Crippen LogP contribution in [0.1, 0.15) is 21.5 Å². The summed E-state index contributed by atoms with van der Waals surface area (Å²) in [6, 6.07) is 22.2. The van der Waals surface area contributed by atoms with E-state index in [0.717, 1.165) is 11.1 Å². The van der Waals surface area contributed by atoms with Crippen molar-refractivity contribution in [2.24, 2.45) is 5.73 Å². The van der Waals surface area contributed by atoms with Crippen molar-refractivity contribution in [1.29, 1.82) is 0 Å². The second-order valence-corrected chi connectivity index (χ2v) is 6.62. The number of carbonyl (C=O) groups is 2. The lowest BCUT2D eigenvalue weighted by molar-refractivity contribution is -0.146. The third-order valence-electron chi connectivity index (χ3n) is 4.36. The molecule has 3 aromatic carbocycles. The maximum absolute atomic E-state index is 12.1. The molecule has 154 valence electrons. The quantitative estimate of drug-likeness (QED) is 0.301. The Balaban J connectivity index is 1.51. The molecule has 0 bridgehead atoms. The summed E-state index contributed by atoms with van der Waals surface area (Å²) >= 11 is 0. The molecule has 0 fully saturated rings. The van der Waals surface area contributed by atoms with Gasteiger partial charge in [0, 0.05) is 5.56 Å². The van der Waals surface area contributed by atoms with Gasteiger partial charge in [0.1, 0.15) is 24.1 Å². The fourth-order valence-electron chi connectivity index (χ4n) is 2.74. The van der Waals surface area contributed by atoms with Crippen LogP contribution in [-0.2, 0) is 22.6 Å². The van der Waals surface area contributed by atoms with E-state index in [1.54, 1.807) is 29.7 Å². The van der Waals surface area contributed by atoms with Gasteiger partial charge in [-0.2, -0.15) is 0 Å². The van der Waals surface area contributed by atoms with E-state index in [2.05, 4.69) is 0 Å². The van der Waals surface area contributed by atoms with Crippen molar-refractivity contribution in [2.75, 3.05) is 0 Å². The molecule has 0 saturated heterocycles. The van der Waals surface area contributed by atoms with Gasteiger partial charge in [0.25, 0.3) is 5.91 Å². The second kappa shape index (κ2) is 10.2. The summed E-state index contributed by atoms with van der Waals surface area (Å²) in [4.78, 5) is 23.4. The van der Waals surface area contributed by atoms with E-state index >= 15 is 0 Å². The molecule has 0 aromatic heterocycles. The molecule has 0 aliphatic heterocycles. The average Bonchev–Trinajstić information content (AvgIpc) is 2.79. The summed E-state index contributed by atoms with van der Waals surface area (Å²) in [7, 11) is 0. The van der Waals surface area contributed by atoms with E-state index in [-0.39, 0.29) is 6.61 Å². The minimum absolute atomic E-state index is 0.193. The minimum Gasteiger partial charge on any atom is -0.460 e. The summed E-state index contributed by atoms with van der Waals surface area (Å²) in [6.45, 7) is 0.193. The van der Waals surface area contributed by atoms with Crippen molar-refractivity contribution < 1.29 is 24.3 Å². The molecule has 0 spiro atoms. The van der Waals surface area contributed by atoms with Gasteiger partial charge in [0.05, 0.1) is 0 Å². The average molecular weight is 406 g/mol. The number of amides is 1. The van der Waals surface area contributed by atoms with Gasteiger partial charge < -0.3 is 15.2 Å². The molecule has 1 amide bonds. The molecule has 7 nitrogen and oxygen atoms in total. The van der Waals surface area contributed by atoms with Gasteiger partial charge in [-0.3, -0.25) is 14.8 Å². The van der Waals surface area contributed by atoms with Gasteiger partial charge >= 0.3 is 5.97 Å². The Morgan fingerprint density at radius 1 is 0.867 bits per heavy atom. The Labute approximate surface area is 174 Å². The molecule has 1 atom stereocenters. The van der Waals surface area contributed by atoms with Crippen molar-refractivity contribution in [3.63, 3.8) is 0 Å². The molecule has 1 unspecified atom stereocenters. The number of hydroxylamine groups is 1. The number of carbonyl (C=O) groups excluding carboxylic acids is 2. The molecule has 7 heteroatoms. The molecule has 4 N–H and O–H groups in total. The lowest BCUT2D eigenvalue weighted by atomic mass is 10.1. The zero-order chi connectivity index (χ0) is 21.3. The molecule has 0 saturated carbocycles. The Bertz CT molecular complexity index is 973. The van der Waals surface area contributed by atoms with Crippen molar-refractivity contribution in [3.8, 4) is 11.5 Å². The molecule has 3 rings (SSSR count). The zero-order valence-corrected chi connectivity index (χ0v) is 16.2. The first-order valence-electron chi connectivity index (χ1n) is 9.32. The maximum atomic E-state index is 12.1. The van der Waals surface area contributed by atoms with Gasteiger partial charge in [-0.25, -0.2) is 5.48 Å². The molecule has 0 heterocycles. The summed E-state index contributed by atoms with van der Waals surface area (Å²) in [5.74, 6) is 0.0903. The largest absolute Gasteiger partial charge is 0.460 e. The smallest absolute Gasteiger partial charge is 0.323 e. The van der Waals surface area contributed by atoms with Gasteiger partial charge in [0.15, 0.2) is 0 Å². The van der Waals surface area contributed by atoms with Crippen LogP contribution in [0.4, 0.5) is 0 Å². The Hall–Kier alpha value is -3.68. The number of esters is 1. The number of nitrogens with one attached hydrogen (secondary N) is 1. The molecule has 0 radical (unpaired) electrons. The summed E-state index contributed by atoms with van der Waals surface area (Å²) in [5, 5.41) is 8.63. The van der Waals surface area contributed by atoms with Gasteiger partial charge in [0.2, 0.25) is 0 Å². The summed E-state index contributed by atoms with van der Waals surface area (Å²) < 4.78 is 11.0. The first-order valence-corrected chi connectivity index (χ1v) is 9.32. The fraction of sp³-hybridized carbons (Fsp3) is 0.130. The first kappa shape index (κ1) is 21.0. The number of hydrogen-bond donors (Lipinski definition) is 3. The number of ether oxygens (including phenoxy) is 2. The van der Waals surface area contributed by atoms with Gasteiger partial charge in [-0.1, -0.05) is 42.5 Å². The van der Waals surface area contributed by atoms with Crippen molar-refractivity contribution in [3.05, 3.63) is 95.6 Å². The number of nitrogens with two attached hydrogens (primary N) is 1. The normalized spacial score (nSPS) is 11.4. The predicted octanol–water partition coefficient (Wildman–Crippen LogP) is 3.21. The molecular weight excluding hydrogens is 384 g/mol. The Morgan fingerprint density at radius 3 is 2.07 bits per heavy atom. The SMILES string of the molecule is NC(Cc1ccc(Oc2ccc(C(=O)NO)cc2)cc1)C(=O)OCc1ccccc1. The van der Waals surface area contributed by atoms with Crippen LogP contribution in [0.15, 0.2) is 78.9 Å². The third-order valence-corrected chi connectivity index (χ3v) is 4.36. The molecule has 3 aromatic rings. The van der Waals surface area contributed by atoms with Crippen LogP contribution in [0.5, 0.6) is 11.5 Å². The molecule has 0 aliphatic carbocycles. The van der Waals surface area contributed by atoms with Gasteiger partial charge in [-0.15, -0.1) is 0 Å². The van der Waals surface area contributed by atoms with E-state index in [0.29, 0.717) is 23.5 Å². The van der Waals surface area contributed by atoms with E-state index in [1.807, 2.05) is 42.5 Å². The van der Waals surface area contributed by atoms with Crippen LogP contribution < -0.4 is 16.0 Å². The highest BCUT2D eigenvalue weighted by Crippen LogP contribution is 2.22. The van der Waals surface area contributed by atoms with Crippen LogP contribution >= 0.6 is 0 Å². The fourth-order valence-corrected chi connectivity index (χ4v) is 2.74. The Kier molecular flexibility index (Phi) is 7.15. The monoisotopic (exact) mass is 406 g/mol. The highest BCUT2D eigenvalue weighted by atomic mass is 16.5. The second-order valence-electron chi connectivity index (χ2n) is 6.62. The van der Waals surface area contributed by atoms with E-state index in [9.17, 15) is 9.59 Å². The number of rotatable bonds is 8. The van der Waals surface area contributed by atoms with Crippen molar-refractivity contribution >= 4 is 11.9 Å². The molecular formula is C23H22N2O5. The first-order chi connectivity index (χ1) is 14.5. The standard InChI is InChI=1S/C23H22N2O5/c24-21(23(27)29-15-17-4-2-1-3-5-17)14-16-6-10-19(11-7-16)30-20-12-8-18(9-13-20)22(26)25-28/h1-13,21,28H,14-15,24H2,(H,25,26). The predicted molar refractivity (Wildman–Crippen MR) is 110 cm³/mol. The van der Waals surface area contributed by atoms with Crippen molar-refractivity contribution in [1.82, 2.24) is 5.48 Å². The van der Waals surface area contributed by atoms with Crippen molar-refractivity contribution in [2.45, 2.75) is 19.1 Å². The summed E-state index contributed by atoms with van der Waals surface area (Å²) in [5.41, 5.74) is 9.64. The molecule has 30 heavy (non-hydrogen) atoms. The lowest BCUT2D eigenvalue weighted by Crippen LogP contribution is -2.34. The van der Waals surface area contributed by atoms with Crippen LogP contribution in [-0.4, -0.2) is 23.1 Å². The minimum atomic E-state index is -0.759. The zero-order valence-electron chi connectivity index (χ0n) is 16.2. The van der Waals surface area contributed by atoms with Crippen LogP contribution in [0.3, 0.4) is 0 Å². The van der Waals surface area contributed by atoms with Crippen LogP contribution in [0.2, 0.25) is 0 Å². The summed E-state index contributed by atoms with van der Waals surface area (Å²) in [6.07, 6.45) is 0.346. The molecule has 0 aliphatic rings. The van der Waals surface area contributed by atoms with E-state index < -0.39 is 17.9 Å². The van der Waals surface area contributed by atoms with Crippen LogP contribution in [0.25, 0.3) is 0 Å². The highest BCUT2D eigenvalue weighted by molar-refractivity contribution is 5.93. The highest BCUT2D eigenvalue weighted by Gasteiger charge is 2.16. The van der Waals surface area contributed by atoms with Gasteiger partial charge in [-0.05, 0) is 53.9 Å². The maximum Gasteiger partial charge on any atom is 0.323 e. The lowest BCUT2D eigenvalue weighted by Gasteiger charge is -2.12. The van der Waals surface area contributed by atoms with E-state index in [1.165, 1.54) is 12.1 Å². The van der Waals surface area contributed by atoms with E-state index in [4.69, 9.17) is 20.4 Å². The number of hydrogen-bond acceptors (Lipinski definition) is 6.